The molecule has 0 radical (unpaired) electrons. The van der Waals surface area contributed by atoms with Gasteiger partial charge in [0.25, 0.3) is 0 Å². The molecule has 0 amide bonds. The lowest BCUT2D eigenvalue weighted by Gasteiger charge is -2.32. The van der Waals surface area contributed by atoms with Gasteiger partial charge in [-0.25, -0.2) is 0 Å². The van der Waals surface area contributed by atoms with Gasteiger partial charge < -0.3 is 10.6 Å². The molecule has 2 N–H and O–H groups in total. The fourth-order valence-electron chi connectivity index (χ4n) is 2.50. The summed E-state index contributed by atoms with van der Waals surface area (Å²) in [6.45, 7) is 6.23. The zero-order chi connectivity index (χ0) is 11.7. The Morgan fingerprint density at radius 1 is 1.44 bits per heavy atom. The number of nitrogens with zero attached hydrogens (tertiary/aromatic N) is 1. The SMILES string of the molecule is CC(C)[C@@H](CN)N1CCc2cc(Cl)ccc21. The third-order valence-corrected chi connectivity index (χ3v) is 3.62. The molecule has 0 bridgehead atoms. The van der Waals surface area contributed by atoms with E-state index in [0.29, 0.717) is 18.5 Å². The third-order valence-electron chi connectivity index (χ3n) is 3.38. The van der Waals surface area contributed by atoms with E-state index in [-0.39, 0.29) is 0 Å². The first-order valence-corrected chi connectivity index (χ1v) is 6.26. The summed E-state index contributed by atoms with van der Waals surface area (Å²) in [4.78, 5) is 2.43. The van der Waals surface area contributed by atoms with Crippen molar-refractivity contribution in [1.29, 1.82) is 0 Å². The van der Waals surface area contributed by atoms with Crippen molar-refractivity contribution in [3.05, 3.63) is 28.8 Å². The summed E-state index contributed by atoms with van der Waals surface area (Å²) in [6.07, 6.45) is 1.08. The molecule has 1 aromatic carbocycles. The molecule has 16 heavy (non-hydrogen) atoms. The summed E-state index contributed by atoms with van der Waals surface area (Å²) in [5.41, 5.74) is 8.54. The summed E-state index contributed by atoms with van der Waals surface area (Å²) in [5, 5.41) is 0.828. The highest BCUT2D eigenvalue weighted by Gasteiger charge is 2.27. The lowest BCUT2D eigenvalue weighted by atomic mass is 10.0. The van der Waals surface area contributed by atoms with E-state index in [1.54, 1.807) is 0 Å². The highest BCUT2D eigenvalue weighted by Crippen LogP contribution is 2.33. The summed E-state index contributed by atoms with van der Waals surface area (Å²) in [7, 11) is 0. The number of hydrogen-bond acceptors (Lipinski definition) is 2. The zero-order valence-corrected chi connectivity index (χ0v) is 10.7. The van der Waals surface area contributed by atoms with E-state index in [9.17, 15) is 0 Å². The van der Waals surface area contributed by atoms with Crippen molar-refractivity contribution in [2.75, 3.05) is 18.0 Å². The van der Waals surface area contributed by atoms with E-state index in [0.717, 1.165) is 18.0 Å². The van der Waals surface area contributed by atoms with Gasteiger partial charge in [-0.1, -0.05) is 25.4 Å². The van der Waals surface area contributed by atoms with Gasteiger partial charge in [0.1, 0.15) is 0 Å². The number of fused-ring (bicyclic) bond motifs is 1. The molecular formula is C13H19ClN2. The van der Waals surface area contributed by atoms with Crippen molar-refractivity contribution < 1.29 is 0 Å². The Morgan fingerprint density at radius 2 is 2.19 bits per heavy atom. The second-order valence-corrected chi connectivity index (χ2v) is 5.20. The lowest BCUT2D eigenvalue weighted by Crippen LogP contribution is -2.43. The molecule has 2 rings (SSSR count). The molecule has 1 atom stereocenters. The molecule has 2 nitrogen and oxygen atoms in total. The van der Waals surface area contributed by atoms with Gasteiger partial charge in [0.2, 0.25) is 0 Å². The van der Waals surface area contributed by atoms with Crippen molar-refractivity contribution in [2.24, 2.45) is 11.7 Å². The molecule has 1 aliphatic heterocycles. The van der Waals surface area contributed by atoms with Crippen molar-refractivity contribution in [3.63, 3.8) is 0 Å². The molecular weight excluding hydrogens is 220 g/mol. The zero-order valence-electron chi connectivity index (χ0n) is 9.91. The smallest absolute Gasteiger partial charge is 0.0435 e. The number of benzene rings is 1. The number of halogens is 1. The molecule has 3 heteroatoms. The minimum atomic E-state index is 0.433. The van der Waals surface area contributed by atoms with Crippen LogP contribution >= 0.6 is 11.6 Å². The van der Waals surface area contributed by atoms with Crippen LogP contribution in [0.15, 0.2) is 18.2 Å². The van der Waals surface area contributed by atoms with Crippen LogP contribution in [0.4, 0.5) is 5.69 Å². The fraction of sp³-hybridized carbons (Fsp3) is 0.538. The van der Waals surface area contributed by atoms with Gasteiger partial charge in [-0.3, -0.25) is 0 Å². The minimum Gasteiger partial charge on any atom is -0.366 e. The van der Waals surface area contributed by atoms with Gasteiger partial charge >= 0.3 is 0 Å². The fourth-order valence-corrected chi connectivity index (χ4v) is 2.69. The quantitative estimate of drug-likeness (QED) is 0.878. The van der Waals surface area contributed by atoms with Crippen LogP contribution in [0.25, 0.3) is 0 Å². The Balaban J connectivity index is 2.29. The van der Waals surface area contributed by atoms with E-state index in [4.69, 9.17) is 17.3 Å². The van der Waals surface area contributed by atoms with Gasteiger partial charge in [-0.15, -0.1) is 0 Å². The Kier molecular flexibility index (Phi) is 3.41. The van der Waals surface area contributed by atoms with Crippen LogP contribution in [-0.4, -0.2) is 19.1 Å². The molecule has 1 aromatic rings. The summed E-state index contributed by atoms with van der Waals surface area (Å²) < 4.78 is 0. The van der Waals surface area contributed by atoms with Gasteiger partial charge in [0.05, 0.1) is 0 Å². The Bertz CT molecular complexity index is 376. The van der Waals surface area contributed by atoms with Gasteiger partial charge in [-0.05, 0) is 36.1 Å². The van der Waals surface area contributed by atoms with E-state index in [1.807, 2.05) is 6.07 Å². The summed E-state index contributed by atoms with van der Waals surface area (Å²) in [6, 6.07) is 6.59. The number of rotatable bonds is 3. The van der Waals surface area contributed by atoms with Crippen LogP contribution in [-0.2, 0) is 6.42 Å². The van der Waals surface area contributed by atoms with Crippen LogP contribution in [0.2, 0.25) is 5.02 Å². The van der Waals surface area contributed by atoms with Crippen molar-refractivity contribution >= 4 is 17.3 Å². The van der Waals surface area contributed by atoms with Gasteiger partial charge in [-0.2, -0.15) is 0 Å². The number of anilines is 1. The van der Waals surface area contributed by atoms with Crippen molar-refractivity contribution in [3.8, 4) is 0 Å². The van der Waals surface area contributed by atoms with E-state index in [2.05, 4.69) is 30.9 Å². The normalized spacial score (nSPS) is 16.7. The molecule has 0 fully saturated rings. The summed E-state index contributed by atoms with van der Waals surface area (Å²) in [5.74, 6) is 0.576. The highest BCUT2D eigenvalue weighted by atomic mass is 35.5. The van der Waals surface area contributed by atoms with E-state index >= 15 is 0 Å². The third kappa shape index (κ3) is 2.04. The van der Waals surface area contributed by atoms with Crippen LogP contribution in [0, 0.1) is 5.92 Å². The average molecular weight is 239 g/mol. The predicted octanol–water partition coefficient (Wildman–Crippen LogP) is 2.69. The second kappa shape index (κ2) is 4.64. The Morgan fingerprint density at radius 3 is 2.81 bits per heavy atom. The van der Waals surface area contributed by atoms with Gasteiger partial charge in [0.15, 0.2) is 0 Å². The lowest BCUT2D eigenvalue weighted by molar-refractivity contribution is 0.468. The second-order valence-electron chi connectivity index (χ2n) is 4.76. The first-order valence-electron chi connectivity index (χ1n) is 5.88. The van der Waals surface area contributed by atoms with Crippen molar-refractivity contribution in [1.82, 2.24) is 0 Å². The minimum absolute atomic E-state index is 0.433. The number of hydrogen-bond donors (Lipinski definition) is 1. The first kappa shape index (κ1) is 11.7. The maximum Gasteiger partial charge on any atom is 0.0435 e. The highest BCUT2D eigenvalue weighted by molar-refractivity contribution is 6.30. The number of nitrogens with two attached hydrogens (primary N) is 1. The largest absolute Gasteiger partial charge is 0.366 e. The molecule has 1 aliphatic rings. The molecule has 1 heterocycles. The van der Waals surface area contributed by atoms with E-state index in [1.165, 1.54) is 11.3 Å². The van der Waals surface area contributed by atoms with Crippen LogP contribution in [0.5, 0.6) is 0 Å². The topological polar surface area (TPSA) is 29.3 Å². The maximum absolute atomic E-state index is 6.00. The maximum atomic E-state index is 6.00. The van der Waals surface area contributed by atoms with E-state index < -0.39 is 0 Å². The van der Waals surface area contributed by atoms with Crippen LogP contribution in [0.3, 0.4) is 0 Å². The standard InChI is InChI=1S/C13H19ClN2/c1-9(2)13(8-15)16-6-5-10-7-11(14)3-4-12(10)16/h3-4,7,9,13H,5-6,8,15H2,1-2H3/t13-/m1/s1. The molecule has 0 saturated carbocycles. The molecule has 0 saturated heterocycles. The average Bonchev–Trinajstić information content (AvgIpc) is 2.62. The monoisotopic (exact) mass is 238 g/mol. The molecule has 0 unspecified atom stereocenters. The van der Waals surface area contributed by atoms with Crippen molar-refractivity contribution in [2.45, 2.75) is 26.3 Å². The Hall–Kier alpha value is -0.730. The Labute approximate surface area is 102 Å². The molecule has 88 valence electrons. The first-order chi connectivity index (χ1) is 7.63. The van der Waals surface area contributed by atoms with Crippen LogP contribution < -0.4 is 10.6 Å². The molecule has 0 aliphatic carbocycles. The molecule has 0 spiro atoms. The van der Waals surface area contributed by atoms with Gasteiger partial charge in [0, 0.05) is 29.8 Å². The summed E-state index contributed by atoms with van der Waals surface area (Å²) >= 11 is 6.00. The predicted molar refractivity (Wildman–Crippen MR) is 70.2 cm³/mol. The molecule has 0 aromatic heterocycles. The van der Waals surface area contributed by atoms with Crippen LogP contribution in [0.1, 0.15) is 19.4 Å².